The average Bonchev–Trinajstić information content (AvgIpc) is 2.73. The molecule has 156 valence electrons. The Kier molecular flexibility index (Phi) is 8.52. The van der Waals surface area contributed by atoms with E-state index in [2.05, 4.69) is 17.4 Å². The zero-order valence-corrected chi connectivity index (χ0v) is 17.4. The van der Waals surface area contributed by atoms with E-state index in [9.17, 15) is 9.59 Å². The third kappa shape index (κ3) is 6.82. The molecule has 0 fully saturated rings. The maximum absolute atomic E-state index is 12.4. The lowest BCUT2D eigenvalue weighted by Gasteiger charge is -2.18. The maximum atomic E-state index is 12.4. The van der Waals surface area contributed by atoms with Crippen LogP contribution in [0.5, 0.6) is 11.5 Å². The van der Waals surface area contributed by atoms with Crippen LogP contribution < -0.4 is 14.8 Å². The van der Waals surface area contributed by atoms with E-state index in [0.717, 1.165) is 12.8 Å². The summed E-state index contributed by atoms with van der Waals surface area (Å²) in [6.45, 7) is 5.78. The minimum absolute atomic E-state index is 0.0330. The van der Waals surface area contributed by atoms with Crippen molar-refractivity contribution in [1.82, 2.24) is 5.32 Å². The van der Waals surface area contributed by atoms with Crippen LogP contribution in [-0.2, 0) is 16.0 Å². The Hall–Kier alpha value is -3.02. The van der Waals surface area contributed by atoms with Gasteiger partial charge in [-0.25, -0.2) is 4.79 Å². The van der Waals surface area contributed by atoms with E-state index >= 15 is 0 Å². The molecular formula is C23H29NO5. The minimum Gasteiger partial charge on any atom is -0.493 e. The average molecular weight is 399 g/mol. The predicted octanol–water partition coefficient (Wildman–Crippen LogP) is 3.78. The molecule has 0 saturated heterocycles. The zero-order chi connectivity index (χ0) is 21.2. The number of benzene rings is 2. The van der Waals surface area contributed by atoms with Crippen LogP contribution >= 0.6 is 0 Å². The maximum Gasteiger partial charge on any atom is 0.339 e. The van der Waals surface area contributed by atoms with Crippen molar-refractivity contribution in [3.63, 3.8) is 0 Å². The molecule has 0 aliphatic rings. The summed E-state index contributed by atoms with van der Waals surface area (Å²) >= 11 is 0. The summed E-state index contributed by atoms with van der Waals surface area (Å²) in [5, 5.41) is 2.90. The molecular weight excluding hydrogens is 370 g/mol. The summed E-state index contributed by atoms with van der Waals surface area (Å²) in [7, 11) is 1.53. The number of rotatable bonds is 10. The van der Waals surface area contributed by atoms with Gasteiger partial charge in [-0.3, -0.25) is 4.79 Å². The Morgan fingerprint density at radius 1 is 1.03 bits per heavy atom. The summed E-state index contributed by atoms with van der Waals surface area (Å²) in [5.74, 6) is 0.0724. The van der Waals surface area contributed by atoms with E-state index in [1.165, 1.54) is 12.7 Å². The SMILES string of the molecule is CCOc1cc(C(=O)O[C@H](C)C(=O)N[C@@H](C)CCc2ccccc2)ccc1OC. The molecule has 0 saturated carbocycles. The molecule has 0 radical (unpaired) electrons. The fourth-order valence-corrected chi connectivity index (χ4v) is 2.81. The van der Waals surface area contributed by atoms with Gasteiger partial charge in [0, 0.05) is 6.04 Å². The number of amides is 1. The lowest BCUT2D eigenvalue weighted by molar-refractivity contribution is -0.129. The first-order valence-electron chi connectivity index (χ1n) is 9.80. The van der Waals surface area contributed by atoms with Gasteiger partial charge in [-0.15, -0.1) is 0 Å². The molecule has 0 aliphatic carbocycles. The van der Waals surface area contributed by atoms with E-state index in [4.69, 9.17) is 14.2 Å². The van der Waals surface area contributed by atoms with E-state index in [1.54, 1.807) is 25.1 Å². The molecule has 1 amide bonds. The topological polar surface area (TPSA) is 73.9 Å². The van der Waals surface area contributed by atoms with Crippen LogP contribution in [-0.4, -0.2) is 37.7 Å². The third-order valence-electron chi connectivity index (χ3n) is 4.45. The first-order chi connectivity index (χ1) is 13.9. The van der Waals surface area contributed by atoms with E-state index in [1.807, 2.05) is 32.0 Å². The van der Waals surface area contributed by atoms with Gasteiger partial charge >= 0.3 is 5.97 Å². The van der Waals surface area contributed by atoms with E-state index < -0.39 is 12.1 Å². The number of esters is 1. The molecule has 0 aliphatic heterocycles. The van der Waals surface area contributed by atoms with Crippen LogP contribution in [0.25, 0.3) is 0 Å². The molecule has 2 aromatic carbocycles. The van der Waals surface area contributed by atoms with Gasteiger partial charge in [0.1, 0.15) is 0 Å². The van der Waals surface area contributed by atoms with Crippen molar-refractivity contribution in [2.75, 3.05) is 13.7 Å². The van der Waals surface area contributed by atoms with Gasteiger partial charge in [-0.2, -0.15) is 0 Å². The predicted molar refractivity (Wildman–Crippen MR) is 111 cm³/mol. The lowest BCUT2D eigenvalue weighted by atomic mass is 10.1. The first kappa shape index (κ1) is 22.3. The summed E-state index contributed by atoms with van der Waals surface area (Å²) in [6, 6.07) is 14.8. The van der Waals surface area contributed by atoms with Crippen LogP contribution in [0.1, 0.15) is 43.1 Å². The molecule has 2 rings (SSSR count). The molecule has 0 unspecified atom stereocenters. The quantitative estimate of drug-likeness (QED) is 0.616. The van der Waals surface area contributed by atoms with Gasteiger partial charge < -0.3 is 19.5 Å². The number of carbonyl (C=O) groups excluding carboxylic acids is 2. The molecule has 1 N–H and O–H groups in total. The zero-order valence-electron chi connectivity index (χ0n) is 17.4. The van der Waals surface area contributed by atoms with Crippen molar-refractivity contribution in [2.45, 2.75) is 45.8 Å². The van der Waals surface area contributed by atoms with Crippen LogP contribution in [0, 0.1) is 0 Å². The Morgan fingerprint density at radius 3 is 2.41 bits per heavy atom. The normalized spacial score (nSPS) is 12.6. The van der Waals surface area contributed by atoms with Crippen molar-refractivity contribution in [2.24, 2.45) is 0 Å². The Balaban J connectivity index is 1.88. The van der Waals surface area contributed by atoms with Crippen LogP contribution in [0.2, 0.25) is 0 Å². The second kappa shape index (κ2) is 11.1. The molecule has 29 heavy (non-hydrogen) atoms. The number of hydrogen-bond donors (Lipinski definition) is 1. The molecule has 0 aromatic heterocycles. The van der Waals surface area contributed by atoms with Gasteiger partial charge in [-0.1, -0.05) is 30.3 Å². The molecule has 6 heteroatoms. The number of aryl methyl sites for hydroxylation is 1. The highest BCUT2D eigenvalue weighted by atomic mass is 16.5. The van der Waals surface area contributed by atoms with Gasteiger partial charge in [0.15, 0.2) is 17.6 Å². The highest BCUT2D eigenvalue weighted by Gasteiger charge is 2.21. The second-order valence-electron chi connectivity index (χ2n) is 6.78. The van der Waals surface area contributed by atoms with Crippen molar-refractivity contribution in [3.8, 4) is 11.5 Å². The largest absolute Gasteiger partial charge is 0.493 e. The van der Waals surface area contributed by atoms with Crippen LogP contribution in [0.3, 0.4) is 0 Å². The number of carbonyl (C=O) groups is 2. The monoisotopic (exact) mass is 399 g/mol. The van der Waals surface area contributed by atoms with Gasteiger partial charge in [0.05, 0.1) is 19.3 Å². The third-order valence-corrected chi connectivity index (χ3v) is 4.45. The number of nitrogens with one attached hydrogen (secondary N) is 1. The summed E-state index contributed by atoms with van der Waals surface area (Å²) in [4.78, 5) is 24.8. The molecule has 2 aromatic rings. The van der Waals surface area contributed by atoms with E-state index in [0.29, 0.717) is 23.7 Å². The first-order valence-corrected chi connectivity index (χ1v) is 9.80. The Bertz CT molecular complexity index is 806. The van der Waals surface area contributed by atoms with Crippen molar-refractivity contribution in [1.29, 1.82) is 0 Å². The number of ether oxygens (including phenoxy) is 3. The van der Waals surface area contributed by atoms with Crippen molar-refractivity contribution >= 4 is 11.9 Å². The second-order valence-corrected chi connectivity index (χ2v) is 6.78. The highest BCUT2D eigenvalue weighted by molar-refractivity contribution is 5.92. The fourth-order valence-electron chi connectivity index (χ4n) is 2.81. The fraction of sp³-hybridized carbons (Fsp3) is 0.391. The van der Waals surface area contributed by atoms with E-state index in [-0.39, 0.29) is 11.9 Å². The molecule has 2 atom stereocenters. The summed E-state index contributed by atoms with van der Waals surface area (Å²) in [5.41, 5.74) is 1.52. The standard InChI is InChI=1S/C23H29NO5/c1-5-28-21-15-19(13-14-20(21)27-4)23(26)29-17(3)22(25)24-16(2)11-12-18-9-7-6-8-10-18/h6-10,13-17H,5,11-12H2,1-4H3,(H,24,25)/t16-,17+/m0/s1. The van der Waals surface area contributed by atoms with Crippen molar-refractivity contribution in [3.05, 3.63) is 59.7 Å². The van der Waals surface area contributed by atoms with Gasteiger partial charge in [0.25, 0.3) is 5.91 Å². The highest BCUT2D eigenvalue weighted by Crippen LogP contribution is 2.28. The van der Waals surface area contributed by atoms with Crippen LogP contribution in [0.15, 0.2) is 48.5 Å². The van der Waals surface area contributed by atoms with Crippen LogP contribution in [0.4, 0.5) is 0 Å². The van der Waals surface area contributed by atoms with Gasteiger partial charge in [-0.05, 0) is 57.4 Å². The Labute approximate surface area is 172 Å². The molecule has 6 nitrogen and oxygen atoms in total. The van der Waals surface area contributed by atoms with Crippen molar-refractivity contribution < 1.29 is 23.8 Å². The van der Waals surface area contributed by atoms with Gasteiger partial charge in [0.2, 0.25) is 0 Å². The Morgan fingerprint density at radius 2 is 1.76 bits per heavy atom. The summed E-state index contributed by atoms with van der Waals surface area (Å²) in [6.07, 6.45) is 0.758. The molecule has 0 heterocycles. The number of hydrogen-bond acceptors (Lipinski definition) is 5. The smallest absolute Gasteiger partial charge is 0.339 e. The molecule has 0 bridgehead atoms. The molecule has 0 spiro atoms. The number of methoxy groups -OCH3 is 1. The minimum atomic E-state index is -0.903. The lowest BCUT2D eigenvalue weighted by Crippen LogP contribution is -2.41. The summed E-state index contributed by atoms with van der Waals surface area (Å²) < 4.78 is 16.0.